The van der Waals surface area contributed by atoms with E-state index < -0.39 is 17.0 Å². The van der Waals surface area contributed by atoms with Crippen molar-refractivity contribution < 1.29 is 14.0 Å². The van der Waals surface area contributed by atoms with E-state index in [2.05, 4.69) is 0 Å². The number of carbonyl (C=O) groups excluding carboxylic acids is 2. The van der Waals surface area contributed by atoms with Gasteiger partial charge in [-0.25, -0.2) is 4.39 Å². The molecule has 1 aliphatic heterocycles. The molecule has 0 atom stereocenters. The number of ketones is 1. The Morgan fingerprint density at radius 1 is 1.03 bits per heavy atom. The highest BCUT2D eigenvalue weighted by atomic mass is 19.1. The van der Waals surface area contributed by atoms with Gasteiger partial charge in [0.2, 0.25) is 11.3 Å². The minimum Gasteiger partial charge on any atom is -0.366 e. The molecule has 2 fully saturated rings. The second-order valence-electron chi connectivity index (χ2n) is 8.93. The molecule has 1 amide bonds. The topological polar surface area (TPSA) is 62.6 Å². The van der Waals surface area contributed by atoms with Crippen LogP contribution in [0.4, 0.5) is 10.1 Å². The SMILES string of the molecule is CC(=O)N1CCN(c2cc3c(cc2F)c(=O)c(C(=O)/C=C/c2ccccc2)cn3C2CC2)CC1. The van der Waals surface area contributed by atoms with Crippen LogP contribution in [0.15, 0.2) is 59.5 Å². The van der Waals surface area contributed by atoms with Crippen molar-refractivity contribution in [2.45, 2.75) is 25.8 Å². The lowest BCUT2D eigenvalue weighted by Gasteiger charge is -2.36. The van der Waals surface area contributed by atoms with E-state index in [0.29, 0.717) is 37.4 Å². The number of aromatic nitrogens is 1. The predicted octanol–water partition coefficient (Wildman–Crippen LogP) is 4.04. The Morgan fingerprint density at radius 3 is 2.38 bits per heavy atom. The van der Waals surface area contributed by atoms with E-state index in [4.69, 9.17) is 0 Å². The molecule has 6 nitrogen and oxygen atoms in total. The molecule has 1 saturated carbocycles. The molecule has 0 bridgehead atoms. The summed E-state index contributed by atoms with van der Waals surface area (Å²) < 4.78 is 17.2. The number of fused-ring (bicyclic) bond motifs is 1. The molecule has 34 heavy (non-hydrogen) atoms. The fraction of sp³-hybridized carbons (Fsp3) is 0.296. The smallest absolute Gasteiger partial charge is 0.219 e. The lowest BCUT2D eigenvalue weighted by molar-refractivity contribution is -0.129. The van der Waals surface area contributed by atoms with Crippen LogP contribution in [0.3, 0.4) is 0 Å². The lowest BCUT2D eigenvalue weighted by Crippen LogP contribution is -2.48. The van der Waals surface area contributed by atoms with Gasteiger partial charge in [0.25, 0.3) is 0 Å². The first-order chi connectivity index (χ1) is 16.4. The van der Waals surface area contributed by atoms with Gasteiger partial charge in [0.15, 0.2) is 5.78 Å². The van der Waals surface area contributed by atoms with Crippen molar-refractivity contribution in [1.82, 2.24) is 9.47 Å². The van der Waals surface area contributed by atoms with Gasteiger partial charge in [-0.1, -0.05) is 36.4 Å². The molecule has 5 rings (SSSR count). The molecule has 1 aromatic heterocycles. The van der Waals surface area contributed by atoms with Crippen LogP contribution >= 0.6 is 0 Å². The Labute approximate surface area is 196 Å². The number of halogens is 1. The lowest BCUT2D eigenvalue weighted by atomic mass is 10.1. The third-order valence-corrected chi connectivity index (χ3v) is 6.60. The highest BCUT2D eigenvalue weighted by Crippen LogP contribution is 2.38. The fourth-order valence-electron chi connectivity index (χ4n) is 4.52. The van der Waals surface area contributed by atoms with E-state index >= 15 is 4.39 Å². The quantitative estimate of drug-likeness (QED) is 0.427. The van der Waals surface area contributed by atoms with Crippen LogP contribution < -0.4 is 10.3 Å². The van der Waals surface area contributed by atoms with Crippen LogP contribution in [0.2, 0.25) is 0 Å². The third kappa shape index (κ3) is 4.25. The molecule has 1 aliphatic carbocycles. The second-order valence-corrected chi connectivity index (χ2v) is 8.93. The van der Waals surface area contributed by atoms with Crippen molar-refractivity contribution in [1.29, 1.82) is 0 Å². The van der Waals surface area contributed by atoms with E-state index in [-0.39, 0.29) is 22.9 Å². The highest BCUT2D eigenvalue weighted by molar-refractivity contribution is 6.08. The minimum atomic E-state index is -0.493. The number of anilines is 1. The molecular formula is C27H26FN3O3. The molecule has 2 aliphatic rings. The monoisotopic (exact) mass is 459 g/mol. The summed E-state index contributed by atoms with van der Waals surface area (Å²) in [6, 6.07) is 12.6. The first-order valence-corrected chi connectivity index (χ1v) is 11.6. The van der Waals surface area contributed by atoms with Crippen molar-refractivity contribution >= 4 is 34.4 Å². The summed E-state index contributed by atoms with van der Waals surface area (Å²) in [5.74, 6) is -0.873. The van der Waals surface area contributed by atoms with Crippen LogP contribution in [0.5, 0.6) is 0 Å². The first-order valence-electron chi connectivity index (χ1n) is 11.6. The summed E-state index contributed by atoms with van der Waals surface area (Å²) in [5, 5.41) is 0.217. The van der Waals surface area contributed by atoms with Gasteiger partial charge in [-0.05, 0) is 36.6 Å². The first kappa shape index (κ1) is 22.1. The van der Waals surface area contributed by atoms with Gasteiger partial charge in [0.05, 0.1) is 16.8 Å². The largest absolute Gasteiger partial charge is 0.366 e. The maximum atomic E-state index is 15.2. The van der Waals surface area contributed by atoms with Gasteiger partial charge in [0.1, 0.15) is 5.82 Å². The molecule has 1 saturated heterocycles. The Bertz CT molecular complexity index is 1350. The Morgan fingerprint density at radius 2 is 1.74 bits per heavy atom. The molecule has 0 N–H and O–H groups in total. The zero-order valence-electron chi connectivity index (χ0n) is 19.0. The van der Waals surface area contributed by atoms with E-state index in [9.17, 15) is 14.4 Å². The number of carbonyl (C=O) groups is 2. The number of amides is 1. The summed E-state index contributed by atoms with van der Waals surface area (Å²) in [6.07, 6.45) is 6.62. The highest BCUT2D eigenvalue weighted by Gasteiger charge is 2.28. The number of pyridine rings is 1. The molecule has 0 unspecified atom stereocenters. The Hall–Kier alpha value is -3.74. The summed E-state index contributed by atoms with van der Waals surface area (Å²) in [7, 11) is 0. The standard InChI is InChI=1S/C27H26FN3O3/c1-18(32)29-11-13-30(14-12-29)25-16-24-21(15-23(25)28)27(34)22(17-31(24)20-8-9-20)26(33)10-7-19-5-3-2-4-6-19/h2-7,10,15-17,20H,8-9,11-14H2,1H3/b10-7+. The molecule has 7 heteroatoms. The van der Waals surface area contributed by atoms with Crippen molar-refractivity contribution in [3.8, 4) is 0 Å². The molecule has 2 aromatic carbocycles. The normalized spacial score (nSPS) is 16.4. The maximum Gasteiger partial charge on any atom is 0.219 e. The Balaban J connectivity index is 1.53. The van der Waals surface area contributed by atoms with E-state index in [1.54, 1.807) is 23.2 Å². The van der Waals surface area contributed by atoms with Gasteiger partial charge in [-0.3, -0.25) is 14.4 Å². The second kappa shape index (κ2) is 8.89. The number of piperazine rings is 1. The maximum absolute atomic E-state index is 15.2. The zero-order chi connectivity index (χ0) is 23.8. The van der Waals surface area contributed by atoms with Gasteiger partial charge in [-0.2, -0.15) is 0 Å². The average molecular weight is 460 g/mol. The average Bonchev–Trinajstić information content (AvgIpc) is 3.69. The summed E-state index contributed by atoms with van der Waals surface area (Å²) >= 11 is 0. The number of benzene rings is 2. The van der Waals surface area contributed by atoms with E-state index in [0.717, 1.165) is 18.4 Å². The number of allylic oxidation sites excluding steroid dienone is 1. The number of hydrogen-bond donors (Lipinski definition) is 0. The van der Waals surface area contributed by atoms with Gasteiger partial charge < -0.3 is 14.4 Å². The molecular weight excluding hydrogens is 433 g/mol. The van der Waals surface area contributed by atoms with E-state index in [1.165, 1.54) is 19.1 Å². The molecule has 0 radical (unpaired) electrons. The summed E-state index contributed by atoms with van der Waals surface area (Å²) in [4.78, 5) is 41.5. The molecule has 2 heterocycles. The van der Waals surface area contributed by atoms with Crippen molar-refractivity contribution in [3.05, 3.63) is 81.9 Å². The van der Waals surface area contributed by atoms with E-state index in [1.807, 2.05) is 39.8 Å². The fourth-order valence-corrected chi connectivity index (χ4v) is 4.52. The van der Waals surface area contributed by atoms with Crippen LogP contribution in [-0.4, -0.2) is 47.3 Å². The van der Waals surface area contributed by atoms with Crippen LogP contribution in [0.25, 0.3) is 17.0 Å². The van der Waals surface area contributed by atoms with Gasteiger partial charge in [0, 0.05) is 50.7 Å². The third-order valence-electron chi connectivity index (χ3n) is 6.60. The number of nitrogens with zero attached hydrogens (tertiary/aromatic N) is 3. The van der Waals surface area contributed by atoms with Gasteiger partial charge >= 0.3 is 0 Å². The Kier molecular flexibility index (Phi) is 5.77. The predicted molar refractivity (Wildman–Crippen MR) is 131 cm³/mol. The van der Waals surface area contributed by atoms with Crippen molar-refractivity contribution in [2.24, 2.45) is 0 Å². The number of hydrogen-bond acceptors (Lipinski definition) is 4. The van der Waals surface area contributed by atoms with Crippen molar-refractivity contribution in [3.63, 3.8) is 0 Å². The van der Waals surface area contributed by atoms with Crippen LogP contribution in [0, 0.1) is 5.82 Å². The molecule has 0 spiro atoms. The minimum absolute atomic E-state index is 0.0136. The van der Waals surface area contributed by atoms with Crippen LogP contribution in [0.1, 0.15) is 41.7 Å². The zero-order valence-corrected chi connectivity index (χ0v) is 19.0. The van der Waals surface area contributed by atoms with Gasteiger partial charge in [-0.15, -0.1) is 0 Å². The van der Waals surface area contributed by atoms with Crippen LogP contribution in [-0.2, 0) is 4.79 Å². The molecule has 174 valence electrons. The van der Waals surface area contributed by atoms with Crippen molar-refractivity contribution in [2.75, 3.05) is 31.1 Å². The summed E-state index contributed by atoms with van der Waals surface area (Å²) in [5.41, 5.74) is 1.52. The number of rotatable bonds is 5. The summed E-state index contributed by atoms with van der Waals surface area (Å²) in [6.45, 7) is 3.65. The molecule has 3 aromatic rings.